The summed E-state index contributed by atoms with van der Waals surface area (Å²) >= 11 is 0. The Morgan fingerprint density at radius 1 is 1.33 bits per heavy atom. The second kappa shape index (κ2) is 4.48. The maximum Gasteiger partial charge on any atom is 0.225 e. The largest absolute Gasteiger partial charge is 0.350 e. The van der Waals surface area contributed by atoms with Gasteiger partial charge in [0.2, 0.25) is 5.91 Å². The number of rotatable bonds is 4. The third-order valence-corrected chi connectivity index (χ3v) is 5.56. The van der Waals surface area contributed by atoms with Gasteiger partial charge in [-0.1, -0.05) is 0 Å². The van der Waals surface area contributed by atoms with Crippen LogP contribution in [0.1, 0.15) is 44.9 Å². The van der Waals surface area contributed by atoms with Crippen molar-refractivity contribution >= 4 is 5.91 Å². The highest BCUT2D eigenvalue weighted by atomic mass is 19.1. The quantitative estimate of drug-likeness (QED) is 0.803. The molecule has 1 amide bonds. The van der Waals surface area contributed by atoms with Crippen LogP contribution in [-0.2, 0) is 4.79 Å². The molecule has 102 valence electrons. The second-order valence-electron chi connectivity index (χ2n) is 6.50. The summed E-state index contributed by atoms with van der Waals surface area (Å²) in [6.07, 6.45) is 6.88. The van der Waals surface area contributed by atoms with E-state index in [1.807, 2.05) is 0 Å². The zero-order chi connectivity index (χ0) is 12.8. The molecular formula is C14H23FN2O. The molecule has 3 fully saturated rings. The normalized spacial score (nSPS) is 40.6. The van der Waals surface area contributed by atoms with Crippen molar-refractivity contribution in [2.45, 2.75) is 56.5 Å². The van der Waals surface area contributed by atoms with Crippen molar-refractivity contribution < 1.29 is 9.18 Å². The molecule has 0 aromatic rings. The number of nitrogens with one attached hydrogen (secondary N) is 1. The van der Waals surface area contributed by atoms with Crippen LogP contribution in [0.5, 0.6) is 0 Å². The van der Waals surface area contributed by atoms with Gasteiger partial charge in [0.25, 0.3) is 0 Å². The van der Waals surface area contributed by atoms with Crippen LogP contribution in [0, 0.1) is 17.8 Å². The average Bonchev–Trinajstić information content (AvgIpc) is 2.86. The predicted octanol–water partition coefficient (Wildman–Crippen LogP) is 1.76. The minimum absolute atomic E-state index is 0.0131. The van der Waals surface area contributed by atoms with Gasteiger partial charge in [0.1, 0.15) is 0 Å². The van der Waals surface area contributed by atoms with Crippen molar-refractivity contribution in [3.8, 4) is 0 Å². The Balaban J connectivity index is 1.64. The first kappa shape index (κ1) is 12.4. The molecule has 2 bridgehead atoms. The summed E-state index contributed by atoms with van der Waals surface area (Å²) in [6.45, 7) is -0.344. The smallest absolute Gasteiger partial charge is 0.225 e. The van der Waals surface area contributed by atoms with E-state index in [-0.39, 0.29) is 30.1 Å². The van der Waals surface area contributed by atoms with E-state index in [0.717, 1.165) is 32.1 Å². The summed E-state index contributed by atoms with van der Waals surface area (Å²) < 4.78 is 12.6. The number of alkyl halides is 1. The lowest BCUT2D eigenvalue weighted by Crippen LogP contribution is -2.57. The van der Waals surface area contributed by atoms with Crippen LogP contribution in [0.3, 0.4) is 0 Å². The van der Waals surface area contributed by atoms with Gasteiger partial charge in [-0.3, -0.25) is 9.18 Å². The zero-order valence-corrected chi connectivity index (χ0v) is 10.8. The van der Waals surface area contributed by atoms with Crippen LogP contribution in [0.25, 0.3) is 0 Å². The molecule has 18 heavy (non-hydrogen) atoms. The molecule has 0 aromatic heterocycles. The first-order chi connectivity index (χ1) is 8.65. The number of hydrogen-bond acceptors (Lipinski definition) is 2. The molecule has 3 rings (SSSR count). The molecule has 0 saturated heterocycles. The van der Waals surface area contributed by atoms with E-state index < -0.39 is 0 Å². The SMILES string of the molecule is NC1C2CCC(C2)C1C(=O)NC1(CCF)CCC1. The summed E-state index contributed by atoms with van der Waals surface area (Å²) in [6, 6.07) is 0.0336. The molecule has 3 N–H and O–H groups in total. The Hall–Kier alpha value is -0.640. The fraction of sp³-hybridized carbons (Fsp3) is 0.929. The van der Waals surface area contributed by atoms with Gasteiger partial charge in [0, 0.05) is 11.6 Å². The highest BCUT2D eigenvalue weighted by molar-refractivity contribution is 5.81. The first-order valence-electron chi connectivity index (χ1n) is 7.29. The average molecular weight is 254 g/mol. The summed E-state index contributed by atoms with van der Waals surface area (Å²) in [5.41, 5.74) is 5.94. The molecule has 0 aromatic carbocycles. The van der Waals surface area contributed by atoms with Crippen molar-refractivity contribution in [1.82, 2.24) is 5.32 Å². The Labute approximate surface area is 108 Å². The van der Waals surface area contributed by atoms with Crippen molar-refractivity contribution in [3.63, 3.8) is 0 Å². The minimum Gasteiger partial charge on any atom is -0.350 e. The van der Waals surface area contributed by atoms with Crippen molar-refractivity contribution in [1.29, 1.82) is 0 Å². The van der Waals surface area contributed by atoms with Crippen LogP contribution in [0.2, 0.25) is 0 Å². The lowest BCUT2D eigenvalue weighted by Gasteiger charge is -2.43. The Kier molecular flexibility index (Phi) is 3.08. The number of halogens is 1. The van der Waals surface area contributed by atoms with Gasteiger partial charge in [0.05, 0.1) is 12.6 Å². The zero-order valence-electron chi connectivity index (χ0n) is 10.8. The van der Waals surface area contributed by atoms with E-state index in [4.69, 9.17) is 5.73 Å². The Morgan fingerprint density at radius 3 is 2.56 bits per heavy atom. The molecule has 3 saturated carbocycles. The van der Waals surface area contributed by atoms with Crippen LogP contribution >= 0.6 is 0 Å². The molecule has 0 heterocycles. The van der Waals surface area contributed by atoms with Gasteiger partial charge in [-0.25, -0.2) is 0 Å². The monoisotopic (exact) mass is 254 g/mol. The standard InChI is InChI=1S/C14H23FN2O/c15-7-6-14(4-1-5-14)17-13(18)11-9-2-3-10(8-9)12(11)16/h9-12H,1-8,16H2,(H,17,18). The summed E-state index contributed by atoms with van der Waals surface area (Å²) in [5.74, 6) is 1.11. The maximum absolute atomic E-state index is 12.6. The molecule has 0 aliphatic heterocycles. The Morgan fingerprint density at radius 2 is 2.06 bits per heavy atom. The van der Waals surface area contributed by atoms with E-state index in [9.17, 15) is 9.18 Å². The van der Waals surface area contributed by atoms with E-state index in [2.05, 4.69) is 5.32 Å². The third kappa shape index (κ3) is 1.85. The van der Waals surface area contributed by atoms with E-state index in [1.165, 1.54) is 6.42 Å². The summed E-state index contributed by atoms with van der Waals surface area (Å²) in [7, 11) is 0. The molecule has 0 spiro atoms. The van der Waals surface area contributed by atoms with Gasteiger partial charge in [-0.15, -0.1) is 0 Å². The van der Waals surface area contributed by atoms with Crippen LogP contribution in [0.15, 0.2) is 0 Å². The number of nitrogens with two attached hydrogens (primary N) is 1. The number of carbonyl (C=O) groups is 1. The van der Waals surface area contributed by atoms with Crippen LogP contribution in [0.4, 0.5) is 4.39 Å². The highest BCUT2D eigenvalue weighted by Gasteiger charge is 2.50. The summed E-state index contributed by atoms with van der Waals surface area (Å²) in [5, 5.41) is 3.13. The number of fused-ring (bicyclic) bond motifs is 2. The molecule has 3 nitrogen and oxygen atoms in total. The van der Waals surface area contributed by atoms with E-state index >= 15 is 0 Å². The van der Waals surface area contributed by atoms with Crippen molar-refractivity contribution in [2.24, 2.45) is 23.5 Å². The number of amides is 1. The maximum atomic E-state index is 12.6. The van der Waals surface area contributed by atoms with Gasteiger partial charge in [0.15, 0.2) is 0 Å². The molecule has 3 aliphatic carbocycles. The molecule has 4 unspecified atom stereocenters. The van der Waals surface area contributed by atoms with Crippen molar-refractivity contribution in [3.05, 3.63) is 0 Å². The van der Waals surface area contributed by atoms with Gasteiger partial charge in [-0.05, 0) is 56.8 Å². The van der Waals surface area contributed by atoms with E-state index in [1.54, 1.807) is 0 Å². The fourth-order valence-corrected chi connectivity index (χ4v) is 4.29. The van der Waals surface area contributed by atoms with Gasteiger partial charge >= 0.3 is 0 Å². The van der Waals surface area contributed by atoms with Gasteiger partial charge in [-0.2, -0.15) is 0 Å². The van der Waals surface area contributed by atoms with Gasteiger partial charge < -0.3 is 11.1 Å². The first-order valence-corrected chi connectivity index (χ1v) is 7.29. The number of hydrogen-bond donors (Lipinski definition) is 2. The predicted molar refractivity (Wildman–Crippen MR) is 67.6 cm³/mol. The highest BCUT2D eigenvalue weighted by Crippen LogP contribution is 2.48. The fourth-order valence-electron chi connectivity index (χ4n) is 4.29. The molecular weight excluding hydrogens is 231 g/mol. The van der Waals surface area contributed by atoms with E-state index in [0.29, 0.717) is 18.3 Å². The summed E-state index contributed by atoms with van der Waals surface area (Å²) in [4.78, 5) is 12.4. The number of carbonyl (C=O) groups excluding carboxylic acids is 1. The molecule has 4 atom stereocenters. The topological polar surface area (TPSA) is 55.1 Å². The lowest BCUT2D eigenvalue weighted by molar-refractivity contribution is -0.130. The minimum atomic E-state index is -0.344. The Bertz CT molecular complexity index is 341. The van der Waals surface area contributed by atoms with Crippen LogP contribution in [-0.4, -0.2) is 24.2 Å². The molecule has 4 heteroatoms. The third-order valence-electron chi connectivity index (χ3n) is 5.56. The molecule has 3 aliphatic rings. The lowest BCUT2D eigenvalue weighted by atomic mass is 9.73. The van der Waals surface area contributed by atoms with Crippen molar-refractivity contribution in [2.75, 3.05) is 6.67 Å². The van der Waals surface area contributed by atoms with Crippen LogP contribution < -0.4 is 11.1 Å². The molecule has 0 radical (unpaired) electrons. The second-order valence-corrected chi connectivity index (χ2v) is 6.50.